The third-order valence-electron chi connectivity index (χ3n) is 6.95. The summed E-state index contributed by atoms with van der Waals surface area (Å²) in [6.07, 6.45) is 7.76. The molecule has 31 heavy (non-hydrogen) atoms. The molecule has 1 saturated carbocycles. The molecule has 7 heteroatoms. The van der Waals surface area contributed by atoms with Gasteiger partial charge in [-0.15, -0.1) is 11.3 Å². The first kappa shape index (κ1) is 20.2. The van der Waals surface area contributed by atoms with Crippen LogP contribution in [0.4, 0.5) is 0 Å². The molecule has 6 nitrogen and oxygen atoms in total. The van der Waals surface area contributed by atoms with E-state index in [4.69, 9.17) is 0 Å². The predicted octanol–water partition coefficient (Wildman–Crippen LogP) is 4.21. The number of hydrogen-bond donors (Lipinski definition) is 1. The zero-order valence-corrected chi connectivity index (χ0v) is 18.8. The molecule has 162 valence electrons. The molecule has 1 atom stereocenters. The van der Waals surface area contributed by atoms with Crippen LogP contribution >= 0.6 is 11.3 Å². The van der Waals surface area contributed by atoms with E-state index in [0.29, 0.717) is 18.8 Å². The molecule has 1 fully saturated rings. The molecule has 1 aliphatic carbocycles. The van der Waals surface area contributed by atoms with E-state index in [-0.39, 0.29) is 17.9 Å². The van der Waals surface area contributed by atoms with Gasteiger partial charge in [-0.25, -0.2) is 0 Å². The topological polar surface area (TPSA) is 67.2 Å². The van der Waals surface area contributed by atoms with Gasteiger partial charge in [0.15, 0.2) is 0 Å². The van der Waals surface area contributed by atoms with Crippen molar-refractivity contribution < 1.29 is 9.59 Å². The normalized spacial score (nSPS) is 26.1. The van der Waals surface area contributed by atoms with E-state index >= 15 is 0 Å². The highest BCUT2D eigenvalue weighted by molar-refractivity contribution is 7.17. The zero-order valence-electron chi connectivity index (χ0n) is 18.0. The third kappa shape index (κ3) is 3.55. The smallest absolute Gasteiger partial charge is 0.271 e. The average molecular weight is 437 g/mol. The summed E-state index contributed by atoms with van der Waals surface area (Å²) in [5.74, 6) is 0.553. The van der Waals surface area contributed by atoms with E-state index in [2.05, 4.69) is 17.2 Å². The van der Waals surface area contributed by atoms with Crippen LogP contribution in [0.15, 0.2) is 42.0 Å². The number of nitrogens with one attached hydrogen (secondary N) is 1. The minimum Gasteiger partial charge on any atom is -0.351 e. The molecular weight excluding hydrogens is 408 g/mol. The fourth-order valence-electron chi connectivity index (χ4n) is 4.94. The van der Waals surface area contributed by atoms with Crippen LogP contribution in [0.3, 0.4) is 0 Å². The Morgan fingerprint density at radius 3 is 2.84 bits per heavy atom. The van der Waals surface area contributed by atoms with E-state index in [0.717, 1.165) is 47.4 Å². The molecule has 0 bridgehead atoms. The number of rotatable bonds is 4. The van der Waals surface area contributed by atoms with Gasteiger partial charge < -0.3 is 14.8 Å². The SMILES string of the molecule is CC1CCC(NC(=O)C2(C)Cn3c(cc4sccc43)C(=O)N2Cc2cccnc2)CC1. The number of pyridine rings is 1. The molecule has 4 heterocycles. The van der Waals surface area contributed by atoms with Crippen molar-refractivity contribution in [3.63, 3.8) is 0 Å². The lowest BCUT2D eigenvalue weighted by Gasteiger charge is -2.45. The Kier molecular flexibility index (Phi) is 5.08. The van der Waals surface area contributed by atoms with Gasteiger partial charge in [0.1, 0.15) is 11.2 Å². The minimum atomic E-state index is -0.975. The summed E-state index contributed by atoms with van der Waals surface area (Å²) in [6.45, 7) is 4.98. The second-order valence-electron chi connectivity index (χ2n) is 9.24. The number of hydrogen-bond acceptors (Lipinski definition) is 4. The van der Waals surface area contributed by atoms with Crippen molar-refractivity contribution in [2.24, 2.45) is 5.92 Å². The summed E-state index contributed by atoms with van der Waals surface area (Å²) in [5.41, 5.74) is 1.63. The van der Waals surface area contributed by atoms with Gasteiger partial charge in [-0.2, -0.15) is 0 Å². The van der Waals surface area contributed by atoms with Crippen LogP contribution in [-0.2, 0) is 17.9 Å². The molecule has 3 aromatic heterocycles. The molecule has 1 unspecified atom stereocenters. The van der Waals surface area contributed by atoms with Crippen LogP contribution in [0.5, 0.6) is 0 Å². The molecular formula is C24H28N4O2S. The molecule has 5 rings (SSSR count). The Morgan fingerprint density at radius 2 is 2.10 bits per heavy atom. The molecule has 0 spiro atoms. The highest BCUT2D eigenvalue weighted by atomic mass is 32.1. The lowest BCUT2D eigenvalue weighted by Crippen LogP contribution is -2.64. The fraction of sp³-hybridized carbons (Fsp3) is 0.458. The number of carbonyl (C=O) groups excluding carboxylic acids is 2. The Labute approximate surface area is 186 Å². The Bertz CT molecular complexity index is 1110. The van der Waals surface area contributed by atoms with Gasteiger partial charge in [0.2, 0.25) is 5.91 Å². The van der Waals surface area contributed by atoms with Crippen LogP contribution in [0, 0.1) is 5.92 Å². The lowest BCUT2D eigenvalue weighted by atomic mass is 9.86. The lowest BCUT2D eigenvalue weighted by molar-refractivity contribution is -0.134. The average Bonchev–Trinajstić information content (AvgIpc) is 3.36. The van der Waals surface area contributed by atoms with Gasteiger partial charge in [0.05, 0.1) is 16.8 Å². The van der Waals surface area contributed by atoms with Crippen LogP contribution in [0.2, 0.25) is 0 Å². The standard InChI is InChI=1S/C24H28N4O2S/c1-16-5-7-18(8-6-16)26-23(30)24(2)15-27-19-9-11-31-21(19)12-20(27)22(29)28(24)14-17-4-3-10-25-13-17/h3-4,9-13,16,18H,5-8,14-15H2,1-2H3,(H,26,30). The maximum absolute atomic E-state index is 13.7. The van der Waals surface area contributed by atoms with E-state index < -0.39 is 5.54 Å². The second-order valence-corrected chi connectivity index (χ2v) is 10.2. The summed E-state index contributed by atoms with van der Waals surface area (Å²) in [6, 6.07) is 7.99. The molecule has 1 N–H and O–H groups in total. The van der Waals surface area contributed by atoms with Crippen LogP contribution in [0.1, 0.15) is 55.6 Å². The molecule has 0 saturated heterocycles. The Morgan fingerprint density at radius 1 is 1.29 bits per heavy atom. The van der Waals surface area contributed by atoms with Gasteiger partial charge in [-0.3, -0.25) is 14.6 Å². The van der Waals surface area contributed by atoms with Gasteiger partial charge in [0, 0.05) is 25.0 Å². The molecule has 0 aromatic carbocycles. The van der Waals surface area contributed by atoms with E-state index in [1.54, 1.807) is 28.6 Å². The zero-order chi connectivity index (χ0) is 21.6. The van der Waals surface area contributed by atoms with Gasteiger partial charge >= 0.3 is 0 Å². The molecule has 0 radical (unpaired) electrons. The highest BCUT2D eigenvalue weighted by Gasteiger charge is 2.48. The van der Waals surface area contributed by atoms with E-state index in [1.165, 1.54) is 0 Å². The molecule has 3 aromatic rings. The second kappa shape index (κ2) is 7.79. The van der Waals surface area contributed by atoms with Crippen molar-refractivity contribution in [2.75, 3.05) is 0 Å². The van der Waals surface area contributed by atoms with E-state index in [1.807, 2.05) is 41.1 Å². The molecule has 1 aliphatic heterocycles. The fourth-order valence-corrected chi connectivity index (χ4v) is 5.76. The quantitative estimate of drug-likeness (QED) is 0.666. The first-order valence-electron chi connectivity index (χ1n) is 11.0. The summed E-state index contributed by atoms with van der Waals surface area (Å²) < 4.78 is 3.10. The van der Waals surface area contributed by atoms with Crippen LogP contribution in [0.25, 0.3) is 10.2 Å². The van der Waals surface area contributed by atoms with Gasteiger partial charge in [0.25, 0.3) is 5.91 Å². The van der Waals surface area contributed by atoms with Crippen molar-refractivity contribution in [1.29, 1.82) is 0 Å². The molecule has 2 amide bonds. The maximum atomic E-state index is 13.7. The highest BCUT2D eigenvalue weighted by Crippen LogP contribution is 2.35. The largest absolute Gasteiger partial charge is 0.351 e. The number of amides is 2. The number of carbonyl (C=O) groups is 2. The monoisotopic (exact) mass is 436 g/mol. The molecule has 2 aliphatic rings. The van der Waals surface area contributed by atoms with E-state index in [9.17, 15) is 9.59 Å². The summed E-state index contributed by atoms with van der Waals surface area (Å²) in [4.78, 5) is 33.3. The van der Waals surface area contributed by atoms with Crippen LogP contribution < -0.4 is 5.32 Å². The van der Waals surface area contributed by atoms with Gasteiger partial charge in [-0.1, -0.05) is 13.0 Å². The summed E-state index contributed by atoms with van der Waals surface area (Å²) in [7, 11) is 0. The Balaban J connectivity index is 1.50. The van der Waals surface area contributed by atoms with Crippen molar-refractivity contribution in [2.45, 2.75) is 64.2 Å². The number of fused-ring (bicyclic) bond motifs is 3. The predicted molar refractivity (Wildman–Crippen MR) is 122 cm³/mol. The first-order chi connectivity index (χ1) is 15.0. The summed E-state index contributed by atoms with van der Waals surface area (Å²) >= 11 is 1.62. The van der Waals surface area contributed by atoms with Gasteiger partial charge in [-0.05, 0) is 67.7 Å². The third-order valence-corrected chi connectivity index (χ3v) is 7.81. The Hall–Kier alpha value is -2.67. The number of nitrogens with zero attached hydrogens (tertiary/aromatic N) is 3. The minimum absolute atomic E-state index is 0.0629. The van der Waals surface area contributed by atoms with Crippen molar-refractivity contribution in [3.8, 4) is 0 Å². The number of aromatic nitrogens is 2. The van der Waals surface area contributed by atoms with Crippen molar-refractivity contribution >= 4 is 33.4 Å². The van der Waals surface area contributed by atoms with Crippen molar-refractivity contribution in [3.05, 3.63) is 53.3 Å². The summed E-state index contributed by atoms with van der Waals surface area (Å²) in [5, 5.41) is 5.32. The number of thiophene rings is 1. The van der Waals surface area contributed by atoms with Crippen molar-refractivity contribution in [1.82, 2.24) is 19.8 Å². The first-order valence-corrected chi connectivity index (χ1v) is 11.9. The van der Waals surface area contributed by atoms with Crippen LogP contribution in [-0.4, -0.2) is 37.8 Å². The maximum Gasteiger partial charge on any atom is 0.271 e.